The van der Waals surface area contributed by atoms with Gasteiger partial charge in [-0.25, -0.2) is 5.43 Å². The van der Waals surface area contributed by atoms with E-state index in [1.54, 1.807) is 7.05 Å². The molecule has 0 aliphatic heterocycles. The van der Waals surface area contributed by atoms with Crippen LogP contribution in [0.1, 0.15) is 12.5 Å². The summed E-state index contributed by atoms with van der Waals surface area (Å²) < 4.78 is 2.59. The average Bonchev–Trinajstić information content (AvgIpc) is 2.90. The zero-order valence-corrected chi connectivity index (χ0v) is 12.7. The van der Waals surface area contributed by atoms with Gasteiger partial charge in [-0.3, -0.25) is 4.99 Å². The molecule has 0 aliphatic rings. The molecule has 4 nitrogen and oxygen atoms in total. The largest absolute Gasteiger partial charge is 0.369 e. The summed E-state index contributed by atoms with van der Waals surface area (Å²) >= 11 is 1.81. The van der Waals surface area contributed by atoms with Crippen LogP contribution in [0.3, 0.4) is 0 Å². The van der Waals surface area contributed by atoms with Crippen LogP contribution in [0.25, 0.3) is 20.2 Å². The molecule has 3 N–H and O–H groups in total. The van der Waals surface area contributed by atoms with Crippen molar-refractivity contribution in [2.24, 2.45) is 15.8 Å². The van der Waals surface area contributed by atoms with Crippen LogP contribution in [0.4, 0.5) is 0 Å². The molecule has 5 heteroatoms. The number of thiophene rings is 1. The van der Waals surface area contributed by atoms with Gasteiger partial charge in [-0.2, -0.15) is 5.10 Å². The molecule has 1 aromatic heterocycles. The van der Waals surface area contributed by atoms with Crippen molar-refractivity contribution in [2.75, 3.05) is 7.05 Å². The van der Waals surface area contributed by atoms with E-state index in [1.165, 1.54) is 20.2 Å². The number of nitrogens with two attached hydrogens (primary N) is 1. The molecule has 0 bridgehead atoms. The van der Waals surface area contributed by atoms with Gasteiger partial charge < -0.3 is 5.73 Å². The molecule has 0 saturated heterocycles. The average molecular weight is 296 g/mol. The van der Waals surface area contributed by atoms with Gasteiger partial charge in [-0.1, -0.05) is 24.3 Å². The molecule has 3 aromatic rings. The number of hydrogen-bond donors (Lipinski definition) is 2. The topological polar surface area (TPSA) is 62.8 Å². The summed E-state index contributed by atoms with van der Waals surface area (Å²) in [6, 6.07) is 14.9. The molecule has 0 aliphatic carbocycles. The van der Waals surface area contributed by atoms with E-state index in [1.807, 2.05) is 18.3 Å². The number of nitrogens with one attached hydrogen (secondary N) is 1. The van der Waals surface area contributed by atoms with E-state index >= 15 is 0 Å². The zero-order valence-electron chi connectivity index (χ0n) is 11.9. The Labute approximate surface area is 127 Å². The van der Waals surface area contributed by atoms with Crippen LogP contribution in [-0.2, 0) is 0 Å². The molecule has 3 rings (SSSR count). The van der Waals surface area contributed by atoms with Crippen LogP contribution in [0.2, 0.25) is 0 Å². The lowest BCUT2D eigenvalue weighted by molar-refractivity contribution is 0.997. The van der Waals surface area contributed by atoms with Crippen molar-refractivity contribution in [1.82, 2.24) is 5.43 Å². The predicted molar refractivity (Wildman–Crippen MR) is 92.2 cm³/mol. The maximum atomic E-state index is 5.58. The lowest BCUT2D eigenvalue weighted by Gasteiger charge is -2.03. The minimum absolute atomic E-state index is 0.302. The Kier molecular flexibility index (Phi) is 3.58. The van der Waals surface area contributed by atoms with Crippen molar-refractivity contribution < 1.29 is 0 Å². The second kappa shape index (κ2) is 5.54. The molecule has 2 aromatic carbocycles. The van der Waals surface area contributed by atoms with E-state index in [4.69, 9.17) is 5.73 Å². The first-order valence-corrected chi connectivity index (χ1v) is 7.45. The summed E-state index contributed by atoms with van der Waals surface area (Å²) in [4.78, 5) is 3.81. The van der Waals surface area contributed by atoms with Crippen LogP contribution in [0.15, 0.2) is 52.6 Å². The third kappa shape index (κ3) is 2.60. The number of hydrogen-bond acceptors (Lipinski definition) is 3. The third-order valence-electron chi connectivity index (χ3n) is 3.37. The predicted octanol–water partition coefficient (Wildman–Crippen LogP) is 3.31. The molecule has 0 unspecified atom stereocenters. The van der Waals surface area contributed by atoms with Gasteiger partial charge in [0.05, 0.1) is 5.71 Å². The molecular formula is C16H16N4S. The van der Waals surface area contributed by atoms with Gasteiger partial charge in [0.25, 0.3) is 0 Å². The third-order valence-corrected chi connectivity index (χ3v) is 4.53. The van der Waals surface area contributed by atoms with Gasteiger partial charge in [-0.05, 0) is 30.7 Å². The van der Waals surface area contributed by atoms with Gasteiger partial charge in [0.15, 0.2) is 0 Å². The van der Waals surface area contributed by atoms with Crippen LogP contribution in [-0.4, -0.2) is 18.7 Å². The fourth-order valence-corrected chi connectivity index (χ4v) is 3.29. The van der Waals surface area contributed by atoms with E-state index < -0.39 is 0 Å². The number of hydrazone groups is 1. The second-order valence-electron chi connectivity index (χ2n) is 4.73. The molecule has 0 atom stereocenters. The van der Waals surface area contributed by atoms with Crippen molar-refractivity contribution in [3.05, 3.63) is 48.0 Å². The lowest BCUT2D eigenvalue weighted by atomic mass is 10.1. The van der Waals surface area contributed by atoms with Crippen LogP contribution >= 0.6 is 11.3 Å². The molecule has 0 amide bonds. The number of nitrogens with zero attached hydrogens (tertiary/aromatic N) is 2. The normalized spacial score (nSPS) is 13.0. The Balaban J connectivity index is 2.06. The quantitative estimate of drug-likeness (QED) is 0.433. The Hall–Kier alpha value is -2.40. The fraction of sp³-hybridized carbons (Fsp3) is 0.125. The fourth-order valence-electron chi connectivity index (χ4n) is 2.21. The molecular weight excluding hydrogens is 280 g/mol. The second-order valence-corrected chi connectivity index (χ2v) is 5.81. The van der Waals surface area contributed by atoms with Crippen molar-refractivity contribution in [1.29, 1.82) is 0 Å². The molecule has 0 saturated carbocycles. The highest BCUT2D eigenvalue weighted by molar-refractivity contribution is 7.25. The highest BCUT2D eigenvalue weighted by atomic mass is 32.1. The summed E-state index contributed by atoms with van der Waals surface area (Å²) in [7, 11) is 1.62. The summed E-state index contributed by atoms with van der Waals surface area (Å²) in [6.45, 7) is 1.95. The van der Waals surface area contributed by atoms with Gasteiger partial charge >= 0.3 is 0 Å². The summed E-state index contributed by atoms with van der Waals surface area (Å²) in [5.74, 6) is 0.302. The van der Waals surface area contributed by atoms with E-state index in [0.717, 1.165) is 11.3 Å². The van der Waals surface area contributed by atoms with Crippen LogP contribution < -0.4 is 11.2 Å². The monoisotopic (exact) mass is 296 g/mol. The van der Waals surface area contributed by atoms with Gasteiger partial charge in [-0.15, -0.1) is 11.3 Å². The smallest absolute Gasteiger partial charge is 0.209 e. The first-order chi connectivity index (χ1) is 10.2. The van der Waals surface area contributed by atoms with E-state index in [-0.39, 0.29) is 0 Å². The molecule has 0 spiro atoms. The number of guanidine groups is 1. The maximum absolute atomic E-state index is 5.58. The number of rotatable bonds is 2. The molecule has 21 heavy (non-hydrogen) atoms. The molecule has 1 heterocycles. The van der Waals surface area contributed by atoms with Crippen LogP contribution in [0.5, 0.6) is 0 Å². The minimum atomic E-state index is 0.302. The van der Waals surface area contributed by atoms with Crippen molar-refractivity contribution in [3.8, 4) is 0 Å². The Morgan fingerprint density at radius 2 is 1.86 bits per heavy atom. The summed E-state index contributed by atoms with van der Waals surface area (Å²) in [5, 5.41) is 6.80. The lowest BCUT2D eigenvalue weighted by Crippen LogP contribution is -2.27. The summed E-state index contributed by atoms with van der Waals surface area (Å²) in [5.41, 5.74) is 10.3. The highest BCUT2D eigenvalue weighted by Crippen LogP contribution is 2.34. The van der Waals surface area contributed by atoms with E-state index in [0.29, 0.717) is 5.96 Å². The zero-order chi connectivity index (χ0) is 14.8. The van der Waals surface area contributed by atoms with Gasteiger partial charge in [0.2, 0.25) is 5.96 Å². The number of benzene rings is 2. The van der Waals surface area contributed by atoms with Gasteiger partial charge in [0.1, 0.15) is 0 Å². The Morgan fingerprint density at radius 1 is 1.10 bits per heavy atom. The van der Waals surface area contributed by atoms with E-state index in [2.05, 4.69) is 58.0 Å². The van der Waals surface area contributed by atoms with Crippen LogP contribution in [0, 0.1) is 0 Å². The summed E-state index contributed by atoms with van der Waals surface area (Å²) in [6.07, 6.45) is 0. The molecule has 0 fully saturated rings. The first-order valence-electron chi connectivity index (χ1n) is 6.63. The van der Waals surface area contributed by atoms with Crippen molar-refractivity contribution >= 4 is 43.2 Å². The van der Waals surface area contributed by atoms with E-state index in [9.17, 15) is 0 Å². The van der Waals surface area contributed by atoms with Crippen molar-refractivity contribution in [3.63, 3.8) is 0 Å². The Morgan fingerprint density at radius 3 is 2.67 bits per heavy atom. The van der Waals surface area contributed by atoms with Gasteiger partial charge in [0, 0.05) is 27.2 Å². The Bertz CT molecular complexity index is 861. The number of aliphatic imine (C=N–C) groups is 1. The molecule has 106 valence electrons. The minimum Gasteiger partial charge on any atom is -0.369 e. The first kappa shape index (κ1) is 13.6. The SMILES string of the molecule is CN=C(N)N/N=C(\C)c1ccc2sc3ccccc3c2c1. The van der Waals surface area contributed by atoms with Crippen molar-refractivity contribution in [2.45, 2.75) is 6.92 Å². The number of fused-ring (bicyclic) bond motifs is 3. The molecule has 0 radical (unpaired) electrons. The highest BCUT2D eigenvalue weighted by Gasteiger charge is 2.06. The standard InChI is InChI=1S/C16H16N4S/c1-10(19-20-16(17)18-2)11-7-8-15-13(9-11)12-5-3-4-6-14(12)21-15/h3-9H,1-2H3,(H3,17,18,20)/b19-10+. The maximum Gasteiger partial charge on any atom is 0.209 e.